The van der Waals surface area contributed by atoms with Gasteiger partial charge >= 0.3 is 0 Å². The SMILES string of the molecule is C=C1CC(CNCC)CN1c1ccc(N2CCCCC2)c(F)c1. The standard InChI is InChI=1S/C19H28FN3/c1-3-21-13-16-11-15(2)23(14-16)17-7-8-19(18(20)12-17)22-9-5-4-6-10-22/h7-8,12,16,21H,2-6,9-11,13-14H2,1H3. The van der Waals surface area contributed by atoms with Crippen molar-refractivity contribution in [1.29, 1.82) is 0 Å². The topological polar surface area (TPSA) is 18.5 Å². The van der Waals surface area contributed by atoms with E-state index in [0.29, 0.717) is 5.92 Å². The lowest BCUT2D eigenvalue weighted by atomic mass is 10.1. The second-order valence-corrected chi connectivity index (χ2v) is 6.74. The Kier molecular flexibility index (Phi) is 5.21. The van der Waals surface area contributed by atoms with Crippen LogP contribution in [0.3, 0.4) is 0 Å². The molecule has 3 rings (SSSR count). The van der Waals surface area contributed by atoms with E-state index in [0.717, 1.165) is 69.1 Å². The van der Waals surface area contributed by atoms with Crippen LogP contribution in [0.15, 0.2) is 30.5 Å². The Morgan fingerprint density at radius 1 is 1.26 bits per heavy atom. The van der Waals surface area contributed by atoms with Gasteiger partial charge in [0.2, 0.25) is 0 Å². The summed E-state index contributed by atoms with van der Waals surface area (Å²) in [5.74, 6) is 0.458. The predicted molar refractivity (Wildman–Crippen MR) is 95.6 cm³/mol. The highest BCUT2D eigenvalue weighted by atomic mass is 19.1. The first kappa shape index (κ1) is 16.3. The Balaban J connectivity index is 1.71. The molecule has 2 saturated heterocycles. The highest BCUT2D eigenvalue weighted by Crippen LogP contribution is 2.33. The summed E-state index contributed by atoms with van der Waals surface area (Å²) in [4.78, 5) is 4.35. The lowest BCUT2D eigenvalue weighted by Crippen LogP contribution is -2.30. The monoisotopic (exact) mass is 317 g/mol. The number of nitrogens with one attached hydrogen (secondary N) is 1. The molecular weight excluding hydrogens is 289 g/mol. The van der Waals surface area contributed by atoms with Gasteiger partial charge in [0, 0.05) is 37.6 Å². The van der Waals surface area contributed by atoms with Gasteiger partial charge in [-0.05, 0) is 56.3 Å². The smallest absolute Gasteiger partial charge is 0.148 e. The molecule has 2 aliphatic heterocycles. The molecule has 23 heavy (non-hydrogen) atoms. The average Bonchev–Trinajstić information content (AvgIpc) is 2.94. The number of rotatable bonds is 5. The molecular formula is C19H28FN3. The fourth-order valence-corrected chi connectivity index (χ4v) is 3.72. The Morgan fingerprint density at radius 2 is 2.04 bits per heavy atom. The quantitative estimate of drug-likeness (QED) is 0.892. The number of anilines is 2. The van der Waals surface area contributed by atoms with Crippen LogP contribution < -0.4 is 15.1 Å². The molecule has 2 fully saturated rings. The second kappa shape index (κ2) is 7.35. The van der Waals surface area contributed by atoms with Crippen LogP contribution in [0.1, 0.15) is 32.6 Å². The first-order valence-corrected chi connectivity index (χ1v) is 8.89. The van der Waals surface area contributed by atoms with Gasteiger partial charge in [-0.15, -0.1) is 0 Å². The minimum Gasteiger partial charge on any atom is -0.369 e. The van der Waals surface area contributed by atoms with E-state index in [9.17, 15) is 4.39 Å². The molecule has 4 heteroatoms. The molecule has 1 unspecified atom stereocenters. The van der Waals surface area contributed by atoms with Crippen molar-refractivity contribution in [2.45, 2.75) is 32.6 Å². The van der Waals surface area contributed by atoms with E-state index in [4.69, 9.17) is 0 Å². The summed E-state index contributed by atoms with van der Waals surface area (Å²) >= 11 is 0. The molecule has 3 nitrogen and oxygen atoms in total. The molecule has 1 aromatic carbocycles. The number of hydrogen-bond acceptors (Lipinski definition) is 3. The molecule has 0 amide bonds. The van der Waals surface area contributed by atoms with Crippen LogP contribution in [0.2, 0.25) is 0 Å². The van der Waals surface area contributed by atoms with Gasteiger partial charge in [-0.1, -0.05) is 13.5 Å². The molecule has 0 saturated carbocycles. The Morgan fingerprint density at radius 3 is 2.74 bits per heavy atom. The number of allylic oxidation sites excluding steroid dienone is 1. The van der Waals surface area contributed by atoms with Crippen molar-refractivity contribution in [2.75, 3.05) is 42.5 Å². The third-order valence-corrected chi connectivity index (χ3v) is 4.97. The van der Waals surface area contributed by atoms with Crippen LogP contribution in [0.5, 0.6) is 0 Å². The van der Waals surface area contributed by atoms with Crippen LogP contribution in [0.25, 0.3) is 0 Å². The van der Waals surface area contributed by atoms with Gasteiger partial charge in [0.05, 0.1) is 5.69 Å². The van der Waals surface area contributed by atoms with Gasteiger partial charge in [-0.25, -0.2) is 4.39 Å². The maximum Gasteiger partial charge on any atom is 0.148 e. The van der Waals surface area contributed by atoms with Crippen LogP contribution in [-0.2, 0) is 0 Å². The van der Waals surface area contributed by atoms with Crippen molar-refractivity contribution >= 4 is 11.4 Å². The predicted octanol–water partition coefficient (Wildman–Crippen LogP) is 3.77. The van der Waals surface area contributed by atoms with E-state index in [-0.39, 0.29) is 5.82 Å². The third kappa shape index (κ3) is 3.69. The number of nitrogens with zero attached hydrogens (tertiary/aromatic N) is 2. The molecule has 1 N–H and O–H groups in total. The zero-order valence-corrected chi connectivity index (χ0v) is 14.2. The molecule has 0 bridgehead atoms. The maximum absolute atomic E-state index is 14.6. The lowest BCUT2D eigenvalue weighted by molar-refractivity contribution is 0.532. The highest BCUT2D eigenvalue weighted by molar-refractivity contribution is 5.60. The fraction of sp³-hybridized carbons (Fsp3) is 0.579. The summed E-state index contributed by atoms with van der Waals surface area (Å²) in [5.41, 5.74) is 2.78. The minimum atomic E-state index is -0.104. The average molecular weight is 317 g/mol. The zero-order valence-electron chi connectivity index (χ0n) is 14.2. The molecule has 2 aliphatic rings. The first-order chi connectivity index (χ1) is 11.2. The number of hydrogen-bond donors (Lipinski definition) is 1. The van der Waals surface area contributed by atoms with Gasteiger partial charge in [0.15, 0.2) is 0 Å². The van der Waals surface area contributed by atoms with Gasteiger partial charge in [0.1, 0.15) is 5.82 Å². The van der Waals surface area contributed by atoms with E-state index < -0.39 is 0 Å². The number of piperidine rings is 1. The minimum absolute atomic E-state index is 0.104. The summed E-state index contributed by atoms with van der Waals surface area (Å²) in [6.45, 7) is 11.2. The van der Waals surface area contributed by atoms with Crippen molar-refractivity contribution < 1.29 is 4.39 Å². The highest BCUT2D eigenvalue weighted by Gasteiger charge is 2.26. The molecule has 0 aliphatic carbocycles. The van der Waals surface area contributed by atoms with Gasteiger partial charge < -0.3 is 15.1 Å². The molecule has 0 aromatic heterocycles. The van der Waals surface area contributed by atoms with Crippen molar-refractivity contribution in [3.63, 3.8) is 0 Å². The first-order valence-electron chi connectivity index (χ1n) is 8.89. The van der Waals surface area contributed by atoms with Gasteiger partial charge in [-0.2, -0.15) is 0 Å². The Bertz CT molecular complexity index is 552. The summed E-state index contributed by atoms with van der Waals surface area (Å²) in [6, 6.07) is 5.68. The maximum atomic E-state index is 14.6. The van der Waals surface area contributed by atoms with E-state index >= 15 is 0 Å². The van der Waals surface area contributed by atoms with Crippen LogP contribution >= 0.6 is 0 Å². The molecule has 126 valence electrons. The summed E-state index contributed by atoms with van der Waals surface area (Å²) in [5, 5.41) is 3.40. The van der Waals surface area contributed by atoms with E-state index in [1.165, 1.54) is 6.42 Å². The van der Waals surface area contributed by atoms with Crippen molar-refractivity contribution in [2.24, 2.45) is 5.92 Å². The van der Waals surface area contributed by atoms with E-state index in [1.807, 2.05) is 12.1 Å². The summed E-state index contributed by atoms with van der Waals surface area (Å²) in [7, 11) is 0. The van der Waals surface area contributed by atoms with Crippen molar-refractivity contribution in [3.05, 3.63) is 36.3 Å². The zero-order chi connectivity index (χ0) is 16.2. The van der Waals surface area contributed by atoms with E-state index in [2.05, 4.69) is 28.6 Å². The molecule has 1 atom stereocenters. The fourth-order valence-electron chi connectivity index (χ4n) is 3.72. The second-order valence-electron chi connectivity index (χ2n) is 6.74. The third-order valence-electron chi connectivity index (χ3n) is 4.97. The van der Waals surface area contributed by atoms with Crippen LogP contribution in [0, 0.1) is 11.7 Å². The van der Waals surface area contributed by atoms with Crippen LogP contribution in [-0.4, -0.2) is 32.7 Å². The lowest BCUT2D eigenvalue weighted by Gasteiger charge is -2.30. The summed E-state index contributed by atoms with van der Waals surface area (Å²) < 4.78 is 14.6. The number of halogens is 1. The van der Waals surface area contributed by atoms with Crippen LogP contribution in [0.4, 0.5) is 15.8 Å². The Labute approximate surface area is 139 Å². The largest absolute Gasteiger partial charge is 0.369 e. The van der Waals surface area contributed by atoms with E-state index in [1.54, 1.807) is 6.07 Å². The van der Waals surface area contributed by atoms with Gasteiger partial charge in [-0.3, -0.25) is 0 Å². The normalized spacial score (nSPS) is 22.0. The summed E-state index contributed by atoms with van der Waals surface area (Å²) in [6.07, 6.45) is 4.58. The molecule has 0 radical (unpaired) electrons. The van der Waals surface area contributed by atoms with Gasteiger partial charge in [0.25, 0.3) is 0 Å². The van der Waals surface area contributed by atoms with Crippen molar-refractivity contribution in [1.82, 2.24) is 5.32 Å². The number of benzene rings is 1. The molecule has 2 heterocycles. The Hall–Kier alpha value is -1.55. The molecule has 0 spiro atoms. The van der Waals surface area contributed by atoms with Crippen molar-refractivity contribution in [3.8, 4) is 0 Å². The molecule has 1 aromatic rings.